The molecule has 2 aromatic carbocycles. The molecule has 2 aliphatic rings. The van der Waals surface area contributed by atoms with Gasteiger partial charge in [0.15, 0.2) is 0 Å². The molecule has 0 saturated heterocycles. The SMILES string of the molecule is CC(/C=C/[C@H]1CC[C@@H]2OCC(c3cccc(C(=O)O)c3)=CC[C@@H]21)COc1ccccc1. The Morgan fingerprint density at radius 3 is 2.84 bits per heavy atom. The zero-order valence-corrected chi connectivity index (χ0v) is 17.9. The van der Waals surface area contributed by atoms with Crippen LogP contribution in [0.15, 0.2) is 72.8 Å². The van der Waals surface area contributed by atoms with E-state index in [1.54, 1.807) is 18.2 Å². The third-order valence-corrected chi connectivity index (χ3v) is 6.32. The maximum atomic E-state index is 11.3. The first-order chi connectivity index (χ1) is 15.1. The molecule has 1 heterocycles. The first-order valence-corrected chi connectivity index (χ1v) is 11.1. The van der Waals surface area contributed by atoms with Gasteiger partial charge >= 0.3 is 5.97 Å². The molecule has 0 radical (unpaired) electrons. The summed E-state index contributed by atoms with van der Waals surface area (Å²) in [7, 11) is 0. The van der Waals surface area contributed by atoms with Gasteiger partial charge in [0, 0.05) is 5.92 Å². The monoisotopic (exact) mass is 418 g/mol. The molecule has 4 heteroatoms. The Kier molecular flexibility index (Phi) is 6.88. The van der Waals surface area contributed by atoms with Crippen LogP contribution < -0.4 is 4.74 Å². The Bertz CT molecular complexity index is 947. The quantitative estimate of drug-likeness (QED) is 0.573. The van der Waals surface area contributed by atoms with Crippen LogP contribution >= 0.6 is 0 Å². The van der Waals surface area contributed by atoms with E-state index in [1.165, 1.54) is 0 Å². The van der Waals surface area contributed by atoms with E-state index in [9.17, 15) is 9.90 Å². The van der Waals surface area contributed by atoms with Crippen LogP contribution in [0.1, 0.15) is 42.1 Å². The molecule has 162 valence electrons. The highest BCUT2D eigenvalue weighted by Gasteiger charge is 2.36. The second-order valence-corrected chi connectivity index (χ2v) is 8.59. The molecular weight excluding hydrogens is 388 g/mol. The molecule has 4 atom stereocenters. The number of benzene rings is 2. The van der Waals surface area contributed by atoms with Crippen molar-refractivity contribution in [3.63, 3.8) is 0 Å². The summed E-state index contributed by atoms with van der Waals surface area (Å²) in [5.41, 5.74) is 2.35. The lowest BCUT2D eigenvalue weighted by Gasteiger charge is -2.20. The number of hydrogen-bond donors (Lipinski definition) is 1. The van der Waals surface area contributed by atoms with Crippen molar-refractivity contribution in [3.8, 4) is 5.75 Å². The second kappa shape index (κ2) is 9.97. The van der Waals surface area contributed by atoms with Crippen LogP contribution in [0.3, 0.4) is 0 Å². The molecule has 1 saturated carbocycles. The molecule has 0 aromatic heterocycles. The van der Waals surface area contributed by atoms with Gasteiger partial charge in [0.05, 0.1) is 24.9 Å². The Labute approximate surface area is 184 Å². The van der Waals surface area contributed by atoms with Crippen molar-refractivity contribution in [2.45, 2.75) is 32.3 Å². The fourth-order valence-electron chi connectivity index (χ4n) is 4.55. The lowest BCUT2D eigenvalue weighted by molar-refractivity contribution is 0.0498. The molecule has 0 bridgehead atoms. The Balaban J connectivity index is 1.37. The van der Waals surface area contributed by atoms with E-state index in [-0.39, 0.29) is 6.10 Å². The lowest BCUT2D eigenvalue weighted by Crippen LogP contribution is -2.20. The molecule has 4 nitrogen and oxygen atoms in total. The number of carboxylic acid groups (broad SMARTS) is 1. The fourth-order valence-corrected chi connectivity index (χ4v) is 4.55. The maximum Gasteiger partial charge on any atom is 0.335 e. The number of rotatable bonds is 7. The zero-order valence-electron chi connectivity index (χ0n) is 17.9. The van der Waals surface area contributed by atoms with E-state index in [1.807, 2.05) is 36.4 Å². The summed E-state index contributed by atoms with van der Waals surface area (Å²) in [6.07, 6.45) is 10.3. The summed E-state index contributed by atoms with van der Waals surface area (Å²) < 4.78 is 12.1. The molecule has 0 amide bonds. The molecule has 2 aromatic rings. The van der Waals surface area contributed by atoms with Crippen molar-refractivity contribution < 1.29 is 19.4 Å². The molecule has 31 heavy (non-hydrogen) atoms. The van der Waals surface area contributed by atoms with E-state index in [0.717, 1.165) is 36.1 Å². The van der Waals surface area contributed by atoms with Gasteiger partial charge in [0.2, 0.25) is 0 Å². The maximum absolute atomic E-state index is 11.3. The third-order valence-electron chi connectivity index (χ3n) is 6.32. The minimum absolute atomic E-state index is 0.266. The molecule has 1 aliphatic heterocycles. The standard InChI is InChI=1S/C27H30O4/c1-19(17-30-24-8-3-2-4-9-24)10-11-20-13-15-26-25(20)14-12-23(18-31-26)21-6-5-7-22(16-21)27(28)29/h2-12,16,19-20,25-26H,13-15,17-18H2,1H3,(H,28,29)/b11-10+/t19?,20-,25+,26-/m0/s1. The van der Waals surface area contributed by atoms with Gasteiger partial charge in [-0.1, -0.05) is 55.5 Å². The molecular formula is C27H30O4. The smallest absolute Gasteiger partial charge is 0.335 e. The normalized spacial score (nSPS) is 24.3. The van der Waals surface area contributed by atoms with Crippen LogP contribution in [-0.4, -0.2) is 30.4 Å². The van der Waals surface area contributed by atoms with Gasteiger partial charge in [-0.2, -0.15) is 0 Å². The van der Waals surface area contributed by atoms with E-state index in [2.05, 4.69) is 25.2 Å². The number of fused-ring (bicyclic) bond motifs is 1. The molecule has 1 N–H and O–H groups in total. The number of para-hydroxylation sites is 1. The molecule has 1 aliphatic carbocycles. The molecule has 4 rings (SSSR count). The van der Waals surface area contributed by atoms with Gasteiger partial charge in [-0.05, 0) is 66.5 Å². The van der Waals surface area contributed by atoms with E-state index in [4.69, 9.17) is 9.47 Å². The van der Waals surface area contributed by atoms with Gasteiger partial charge in [0.1, 0.15) is 5.75 Å². The number of aromatic carboxylic acids is 1. The van der Waals surface area contributed by atoms with E-state index in [0.29, 0.717) is 36.5 Å². The van der Waals surface area contributed by atoms with Crippen molar-refractivity contribution in [1.82, 2.24) is 0 Å². The second-order valence-electron chi connectivity index (χ2n) is 8.59. The minimum atomic E-state index is -0.899. The summed E-state index contributed by atoms with van der Waals surface area (Å²) in [5, 5.41) is 9.27. The van der Waals surface area contributed by atoms with Crippen molar-refractivity contribution >= 4 is 11.5 Å². The van der Waals surface area contributed by atoms with Gasteiger partial charge in [0.25, 0.3) is 0 Å². The van der Waals surface area contributed by atoms with E-state index >= 15 is 0 Å². The number of carboxylic acids is 1. The highest BCUT2D eigenvalue weighted by atomic mass is 16.5. The summed E-state index contributed by atoms with van der Waals surface area (Å²) >= 11 is 0. The number of allylic oxidation sites excluding steroid dienone is 2. The fraction of sp³-hybridized carbons (Fsp3) is 0.370. The predicted octanol–water partition coefficient (Wildman–Crippen LogP) is 5.85. The summed E-state index contributed by atoms with van der Waals surface area (Å²) in [4.78, 5) is 11.3. The van der Waals surface area contributed by atoms with Crippen molar-refractivity contribution in [3.05, 3.63) is 84.0 Å². The zero-order chi connectivity index (χ0) is 21.6. The highest BCUT2D eigenvalue weighted by Crippen LogP contribution is 2.40. The van der Waals surface area contributed by atoms with Crippen molar-refractivity contribution in [2.24, 2.45) is 17.8 Å². The van der Waals surface area contributed by atoms with Crippen LogP contribution in [-0.2, 0) is 4.74 Å². The van der Waals surface area contributed by atoms with Crippen molar-refractivity contribution in [2.75, 3.05) is 13.2 Å². The van der Waals surface area contributed by atoms with Crippen LogP contribution in [0, 0.1) is 17.8 Å². The first-order valence-electron chi connectivity index (χ1n) is 11.1. The average molecular weight is 419 g/mol. The first kappa shape index (κ1) is 21.4. The predicted molar refractivity (Wildman–Crippen MR) is 122 cm³/mol. The minimum Gasteiger partial charge on any atom is -0.493 e. The third kappa shape index (κ3) is 5.45. The Hall–Kier alpha value is -2.85. The summed E-state index contributed by atoms with van der Waals surface area (Å²) in [5.74, 6) is 1.33. The van der Waals surface area contributed by atoms with E-state index < -0.39 is 5.97 Å². The van der Waals surface area contributed by atoms with Gasteiger partial charge in [-0.3, -0.25) is 0 Å². The molecule has 0 spiro atoms. The number of carbonyl (C=O) groups is 1. The number of hydrogen-bond acceptors (Lipinski definition) is 3. The van der Waals surface area contributed by atoms with Gasteiger partial charge in [-0.25, -0.2) is 4.79 Å². The Morgan fingerprint density at radius 1 is 1.19 bits per heavy atom. The average Bonchev–Trinajstić information content (AvgIpc) is 3.06. The number of ether oxygens (including phenoxy) is 2. The van der Waals surface area contributed by atoms with Crippen molar-refractivity contribution in [1.29, 1.82) is 0 Å². The lowest BCUT2D eigenvalue weighted by atomic mass is 9.89. The topological polar surface area (TPSA) is 55.8 Å². The highest BCUT2D eigenvalue weighted by molar-refractivity contribution is 5.89. The van der Waals surface area contributed by atoms with Crippen LogP contribution in [0.2, 0.25) is 0 Å². The summed E-state index contributed by atoms with van der Waals surface area (Å²) in [6.45, 7) is 3.40. The summed E-state index contributed by atoms with van der Waals surface area (Å²) in [6, 6.07) is 17.1. The van der Waals surface area contributed by atoms with Crippen LogP contribution in [0.4, 0.5) is 0 Å². The largest absolute Gasteiger partial charge is 0.493 e. The van der Waals surface area contributed by atoms with Gasteiger partial charge < -0.3 is 14.6 Å². The molecule has 1 fully saturated rings. The van der Waals surface area contributed by atoms with Gasteiger partial charge in [-0.15, -0.1) is 0 Å². The van der Waals surface area contributed by atoms with Crippen LogP contribution in [0.5, 0.6) is 5.75 Å². The molecule has 1 unspecified atom stereocenters. The Morgan fingerprint density at radius 2 is 2.03 bits per heavy atom. The van der Waals surface area contributed by atoms with Crippen LogP contribution in [0.25, 0.3) is 5.57 Å².